The molecule has 0 bridgehead atoms. The molecule has 6 nitrogen and oxygen atoms in total. The Bertz CT molecular complexity index is 1050. The lowest BCUT2D eigenvalue weighted by atomic mass is 10.1. The summed E-state index contributed by atoms with van der Waals surface area (Å²) in [5.74, 6) is 0.739. The Hall–Kier alpha value is -3.41. The number of phenolic OH excluding ortho intramolecular Hbond substituents is 1. The maximum atomic E-state index is 10.3. The van der Waals surface area contributed by atoms with Crippen molar-refractivity contribution in [2.45, 2.75) is 0 Å². The van der Waals surface area contributed by atoms with Crippen LogP contribution in [0.25, 0.3) is 33.7 Å². The van der Waals surface area contributed by atoms with Crippen molar-refractivity contribution in [3.8, 4) is 28.7 Å². The van der Waals surface area contributed by atoms with E-state index in [-0.39, 0.29) is 11.6 Å². The van der Waals surface area contributed by atoms with Crippen LogP contribution in [0.2, 0.25) is 0 Å². The predicted molar refractivity (Wildman–Crippen MR) is 96.5 cm³/mol. The zero-order chi connectivity index (χ0) is 17.4. The number of benzene rings is 2. The highest BCUT2D eigenvalue weighted by Gasteiger charge is 2.17. The molecule has 4 aromatic rings. The fourth-order valence-corrected chi connectivity index (χ4v) is 2.71. The van der Waals surface area contributed by atoms with Crippen molar-refractivity contribution in [2.75, 3.05) is 19.0 Å². The molecule has 0 saturated heterocycles. The number of nitrogens with zero attached hydrogens (tertiary/aromatic N) is 4. The standard InChI is InChI=1S/C19H16N4O2/c1-23(2)13-7-8-15(16(24)11-13)19-21-18(22-25-19)17-14-6-4-3-5-12(14)9-10-20-17/h3-11,24H,1-2H3. The average molecular weight is 332 g/mol. The van der Waals surface area contributed by atoms with Crippen LogP contribution >= 0.6 is 0 Å². The zero-order valence-corrected chi connectivity index (χ0v) is 13.8. The van der Waals surface area contributed by atoms with Crippen molar-refractivity contribution in [3.05, 3.63) is 54.7 Å². The van der Waals surface area contributed by atoms with Crippen molar-refractivity contribution < 1.29 is 9.63 Å². The number of rotatable bonds is 3. The number of pyridine rings is 1. The van der Waals surface area contributed by atoms with E-state index in [1.165, 1.54) is 0 Å². The number of hydrogen-bond acceptors (Lipinski definition) is 6. The number of aromatic hydroxyl groups is 1. The molecule has 0 fully saturated rings. The lowest BCUT2D eigenvalue weighted by molar-refractivity contribution is 0.425. The normalized spacial score (nSPS) is 11.0. The van der Waals surface area contributed by atoms with Crippen LogP contribution in [0, 0.1) is 0 Å². The maximum Gasteiger partial charge on any atom is 0.262 e. The van der Waals surface area contributed by atoms with Crippen LogP contribution in [0.5, 0.6) is 5.75 Å². The highest BCUT2D eigenvalue weighted by Crippen LogP contribution is 2.33. The smallest absolute Gasteiger partial charge is 0.262 e. The van der Waals surface area contributed by atoms with E-state index in [4.69, 9.17) is 4.52 Å². The van der Waals surface area contributed by atoms with E-state index in [9.17, 15) is 5.11 Å². The molecule has 0 unspecified atom stereocenters. The van der Waals surface area contributed by atoms with E-state index in [2.05, 4.69) is 15.1 Å². The summed E-state index contributed by atoms with van der Waals surface area (Å²) < 4.78 is 5.36. The molecule has 0 aliphatic heterocycles. The van der Waals surface area contributed by atoms with Crippen LogP contribution in [0.3, 0.4) is 0 Å². The largest absolute Gasteiger partial charge is 0.507 e. The van der Waals surface area contributed by atoms with E-state index in [0.29, 0.717) is 17.1 Å². The molecule has 0 atom stereocenters. The van der Waals surface area contributed by atoms with Gasteiger partial charge in [0.05, 0.1) is 5.56 Å². The topological polar surface area (TPSA) is 75.3 Å². The van der Waals surface area contributed by atoms with Gasteiger partial charge in [0.15, 0.2) is 0 Å². The Labute approximate surface area is 144 Å². The quantitative estimate of drug-likeness (QED) is 0.616. The number of hydrogen-bond donors (Lipinski definition) is 1. The van der Waals surface area contributed by atoms with E-state index >= 15 is 0 Å². The van der Waals surface area contributed by atoms with Gasteiger partial charge in [-0.05, 0) is 23.6 Å². The molecule has 0 saturated carbocycles. The van der Waals surface area contributed by atoms with Gasteiger partial charge in [-0.15, -0.1) is 0 Å². The second-order valence-electron chi connectivity index (χ2n) is 5.90. The third-order valence-corrected chi connectivity index (χ3v) is 4.04. The van der Waals surface area contributed by atoms with Crippen LogP contribution in [0.15, 0.2) is 59.3 Å². The number of phenols is 1. The molecule has 2 aromatic carbocycles. The van der Waals surface area contributed by atoms with Crippen LogP contribution in [-0.2, 0) is 0 Å². The van der Waals surface area contributed by atoms with E-state index < -0.39 is 0 Å². The highest BCUT2D eigenvalue weighted by molar-refractivity contribution is 5.92. The average Bonchev–Trinajstić information content (AvgIpc) is 3.10. The number of aromatic nitrogens is 3. The predicted octanol–water partition coefficient (Wildman–Crippen LogP) is 3.72. The van der Waals surface area contributed by atoms with Crippen LogP contribution in [-0.4, -0.2) is 34.3 Å². The summed E-state index contributed by atoms with van der Waals surface area (Å²) in [5.41, 5.74) is 2.03. The molecule has 0 aliphatic carbocycles. The van der Waals surface area contributed by atoms with Crippen LogP contribution < -0.4 is 4.90 Å². The summed E-state index contributed by atoms with van der Waals surface area (Å²) in [5, 5.41) is 16.3. The summed E-state index contributed by atoms with van der Waals surface area (Å²) in [7, 11) is 3.82. The number of anilines is 1. The van der Waals surface area contributed by atoms with Crippen molar-refractivity contribution in [2.24, 2.45) is 0 Å². The van der Waals surface area contributed by atoms with Crippen LogP contribution in [0.4, 0.5) is 5.69 Å². The molecule has 25 heavy (non-hydrogen) atoms. The maximum absolute atomic E-state index is 10.3. The fourth-order valence-electron chi connectivity index (χ4n) is 2.71. The first kappa shape index (κ1) is 15.1. The minimum atomic E-state index is 0.0901. The number of fused-ring (bicyclic) bond motifs is 1. The first-order valence-electron chi connectivity index (χ1n) is 7.82. The molecule has 2 aromatic heterocycles. The molecule has 6 heteroatoms. The summed E-state index contributed by atoms with van der Waals surface area (Å²) >= 11 is 0. The summed E-state index contributed by atoms with van der Waals surface area (Å²) in [6, 6.07) is 15.1. The van der Waals surface area contributed by atoms with Gasteiger partial charge in [-0.2, -0.15) is 4.98 Å². The Morgan fingerprint density at radius 3 is 2.68 bits per heavy atom. The molecule has 2 heterocycles. The van der Waals surface area contributed by atoms with Crippen molar-refractivity contribution in [1.82, 2.24) is 15.1 Å². The van der Waals surface area contributed by atoms with E-state index in [0.717, 1.165) is 16.5 Å². The zero-order valence-electron chi connectivity index (χ0n) is 13.8. The van der Waals surface area contributed by atoms with Crippen molar-refractivity contribution >= 4 is 16.5 Å². The van der Waals surface area contributed by atoms with Gasteiger partial charge in [-0.3, -0.25) is 4.98 Å². The lowest BCUT2D eigenvalue weighted by Crippen LogP contribution is -2.08. The van der Waals surface area contributed by atoms with Gasteiger partial charge in [0.1, 0.15) is 11.4 Å². The van der Waals surface area contributed by atoms with Gasteiger partial charge in [0, 0.05) is 37.4 Å². The van der Waals surface area contributed by atoms with Gasteiger partial charge in [0.25, 0.3) is 5.89 Å². The minimum absolute atomic E-state index is 0.0901. The minimum Gasteiger partial charge on any atom is -0.507 e. The monoisotopic (exact) mass is 332 g/mol. The van der Waals surface area contributed by atoms with E-state index in [1.807, 2.05) is 55.4 Å². The van der Waals surface area contributed by atoms with Gasteiger partial charge < -0.3 is 14.5 Å². The van der Waals surface area contributed by atoms with Gasteiger partial charge in [-0.1, -0.05) is 29.4 Å². The molecule has 0 radical (unpaired) electrons. The summed E-state index contributed by atoms with van der Waals surface area (Å²) in [4.78, 5) is 10.7. The second-order valence-corrected chi connectivity index (χ2v) is 5.90. The third-order valence-electron chi connectivity index (χ3n) is 4.04. The van der Waals surface area contributed by atoms with Crippen molar-refractivity contribution in [3.63, 3.8) is 0 Å². The second kappa shape index (κ2) is 5.90. The Kier molecular flexibility index (Phi) is 3.57. The Morgan fingerprint density at radius 2 is 1.88 bits per heavy atom. The summed E-state index contributed by atoms with van der Waals surface area (Å²) in [6.45, 7) is 0. The molecular formula is C19H16N4O2. The van der Waals surface area contributed by atoms with Crippen LogP contribution in [0.1, 0.15) is 0 Å². The molecule has 0 spiro atoms. The SMILES string of the molecule is CN(C)c1ccc(-c2nc(-c3nccc4ccccc34)no2)c(O)c1. The molecule has 0 amide bonds. The molecule has 124 valence electrons. The highest BCUT2D eigenvalue weighted by atomic mass is 16.5. The Balaban J connectivity index is 1.78. The molecular weight excluding hydrogens is 316 g/mol. The van der Waals surface area contributed by atoms with Gasteiger partial charge in [0.2, 0.25) is 5.82 Å². The summed E-state index contributed by atoms with van der Waals surface area (Å²) in [6.07, 6.45) is 1.72. The lowest BCUT2D eigenvalue weighted by Gasteiger charge is -2.13. The third kappa shape index (κ3) is 2.67. The van der Waals surface area contributed by atoms with E-state index in [1.54, 1.807) is 18.3 Å². The van der Waals surface area contributed by atoms with Crippen molar-refractivity contribution in [1.29, 1.82) is 0 Å². The molecule has 4 rings (SSSR count). The molecule has 0 aliphatic rings. The molecule has 1 N–H and O–H groups in total. The first-order valence-corrected chi connectivity index (χ1v) is 7.82. The fraction of sp³-hybridized carbons (Fsp3) is 0.105. The van der Waals surface area contributed by atoms with Gasteiger partial charge >= 0.3 is 0 Å². The van der Waals surface area contributed by atoms with Gasteiger partial charge in [-0.25, -0.2) is 0 Å². The first-order chi connectivity index (χ1) is 12.1. The Morgan fingerprint density at radius 1 is 1.04 bits per heavy atom.